The number of carbonyl (C=O) groups is 1. The molecule has 0 aromatic heterocycles. The summed E-state index contributed by atoms with van der Waals surface area (Å²) < 4.78 is 0. The minimum Gasteiger partial charge on any atom is -0.396 e. The molecule has 0 aliphatic carbocycles. The Morgan fingerprint density at radius 3 is 2.80 bits per heavy atom. The Morgan fingerprint density at radius 2 is 2.13 bits per heavy atom. The third-order valence-electron chi connectivity index (χ3n) is 1.82. The van der Waals surface area contributed by atoms with Crippen LogP contribution >= 0.6 is 23.2 Å². The molecule has 0 saturated carbocycles. The van der Waals surface area contributed by atoms with E-state index in [4.69, 9.17) is 28.3 Å². The van der Waals surface area contributed by atoms with E-state index in [0.29, 0.717) is 23.6 Å². The van der Waals surface area contributed by atoms with Gasteiger partial charge in [-0.2, -0.15) is 0 Å². The molecule has 2 N–H and O–H groups in total. The van der Waals surface area contributed by atoms with Gasteiger partial charge in [0.2, 0.25) is 0 Å². The predicted octanol–water partition coefficient (Wildman–Crippen LogP) is 2.11. The molecule has 0 unspecified atom stereocenters. The number of hydrogen-bond acceptors (Lipinski definition) is 2. The molecule has 0 atom stereocenters. The summed E-state index contributed by atoms with van der Waals surface area (Å²) in [5, 5.41) is 11.8. The minimum absolute atomic E-state index is 0.0452. The zero-order valence-electron chi connectivity index (χ0n) is 7.96. The number of hydrogen-bond donors (Lipinski definition) is 2. The molecule has 82 valence electrons. The van der Waals surface area contributed by atoms with Crippen molar-refractivity contribution in [3.05, 3.63) is 33.8 Å². The molecule has 0 fully saturated rings. The molecule has 0 aliphatic rings. The van der Waals surface area contributed by atoms with Crippen LogP contribution in [-0.4, -0.2) is 24.2 Å². The van der Waals surface area contributed by atoms with Gasteiger partial charge >= 0.3 is 0 Å². The van der Waals surface area contributed by atoms with E-state index in [2.05, 4.69) is 5.32 Å². The highest BCUT2D eigenvalue weighted by atomic mass is 35.5. The molecule has 0 radical (unpaired) electrons. The summed E-state index contributed by atoms with van der Waals surface area (Å²) in [6.07, 6.45) is 0.518. The van der Waals surface area contributed by atoms with Crippen LogP contribution in [0.3, 0.4) is 0 Å². The van der Waals surface area contributed by atoms with Crippen LogP contribution in [0.5, 0.6) is 0 Å². The molecule has 1 aromatic carbocycles. The third kappa shape index (κ3) is 3.38. The summed E-state index contributed by atoms with van der Waals surface area (Å²) in [6.45, 7) is 0.460. The predicted molar refractivity (Wildman–Crippen MR) is 60.5 cm³/mol. The number of carbonyl (C=O) groups excluding carboxylic acids is 1. The van der Waals surface area contributed by atoms with Gasteiger partial charge in [0.1, 0.15) is 0 Å². The molecular formula is C10H11Cl2NO2. The first kappa shape index (κ1) is 12.3. The number of halogens is 2. The summed E-state index contributed by atoms with van der Waals surface area (Å²) >= 11 is 11.6. The monoisotopic (exact) mass is 247 g/mol. The Bertz CT molecular complexity index is 355. The number of amides is 1. The second-order valence-electron chi connectivity index (χ2n) is 2.93. The van der Waals surface area contributed by atoms with E-state index < -0.39 is 0 Å². The largest absolute Gasteiger partial charge is 0.396 e. The Balaban J connectivity index is 2.69. The van der Waals surface area contributed by atoms with Crippen LogP contribution in [0.1, 0.15) is 16.8 Å². The zero-order chi connectivity index (χ0) is 11.3. The van der Waals surface area contributed by atoms with Crippen LogP contribution in [-0.2, 0) is 0 Å². The SMILES string of the molecule is O=C(NCCCO)c1cccc(Cl)c1Cl. The number of aliphatic hydroxyl groups excluding tert-OH is 1. The lowest BCUT2D eigenvalue weighted by atomic mass is 10.2. The Labute approximate surface area is 98.0 Å². The summed E-state index contributed by atoms with van der Waals surface area (Å²) in [6, 6.07) is 4.88. The maximum Gasteiger partial charge on any atom is 0.252 e. The quantitative estimate of drug-likeness (QED) is 0.801. The number of benzene rings is 1. The molecule has 1 rings (SSSR count). The molecule has 0 heterocycles. The van der Waals surface area contributed by atoms with E-state index in [-0.39, 0.29) is 17.5 Å². The van der Waals surface area contributed by atoms with Crippen LogP contribution < -0.4 is 5.32 Å². The summed E-state index contributed by atoms with van der Waals surface area (Å²) in [7, 11) is 0. The molecule has 0 aliphatic heterocycles. The average molecular weight is 248 g/mol. The number of rotatable bonds is 4. The van der Waals surface area contributed by atoms with E-state index in [0.717, 1.165) is 0 Å². The number of nitrogens with one attached hydrogen (secondary N) is 1. The fraction of sp³-hybridized carbons (Fsp3) is 0.300. The molecule has 1 aromatic rings. The topological polar surface area (TPSA) is 49.3 Å². The van der Waals surface area contributed by atoms with Crippen molar-refractivity contribution in [3.8, 4) is 0 Å². The van der Waals surface area contributed by atoms with E-state index in [1.165, 1.54) is 0 Å². The lowest BCUT2D eigenvalue weighted by Gasteiger charge is -2.06. The van der Waals surface area contributed by atoms with Crippen molar-refractivity contribution in [1.82, 2.24) is 5.32 Å². The molecule has 1 amide bonds. The van der Waals surface area contributed by atoms with Crippen LogP contribution in [0.15, 0.2) is 18.2 Å². The van der Waals surface area contributed by atoms with Crippen molar-refractivity contribution in [2.75, 3.05) is 13.2 Å². The van der Waals surface area contributed by atoms with Gasteiger partial charge in [-0.1, -0.05) is 29.3 Å². The van der Waals surface area contributed by atoms with Gasteiger partial charge in [-0.3, -0.25) is 4.79 Å². The van der Waals surface area contributed by atoms with Crippen LogP contribution in [0, 0.1) is 0 Å². The average Bonchev–Trinajstić information content (AvgIpc) is 2.22. The van der Waals surface area contributed by atoms with Gasteiger partial charge in [-0.15, -0.1) is 0 Å². The van der Waals surface area contributed by atoms with Crippen LogP contribution in [0.4, 0.5) is 0 Å². The van der Waals surface area contributed by atoms with Gasteiger partial charge in [0.25, 0.3) is 5.91 Å². The first-order chi connectivity index (χ1) is 7.16. The Morgan fingerprint density at radius 1 is 1.40 bits per heavy atom. The Kier molecular flexibility index (Phi) is 4.88. The first-order valence-electron chi connectivity index (χ1n) is 4.50. The summed E-state index contributed by atoms with van der Waals surface area (Å²) in [4.78, 5) is 11.6. The van der Waals surface area contributed by atoms with Crippen molar-refractivity contribution in [3.63, 3.8) is 0 Å². The standard InChI is InChI=1S/C10H11Cl2NO2/c11-8-4-1-3-7(9(8)12)10(15)13-5-2-6-14/h1,3-4,14H,2,5-6H2,(H,13,15). The van der Waals surface area contributed by atoms with E-state index in [1.807, 2.05) is 0 Å². The van der Waals surface area contributed by atoms with Gasteiger partial charge in [0.05, 0.1) is 15.6 Å². The Hall–Kier alpha value is -0.770. The van der Waals surface area contributed by atoms with Gasteiger partial charge in [-0.25, -0.2) is 0 Å². The maximum absolute atomic E-state index is 11.6. The molecule has 0 bridgehead atoms. The summed E-state index contributed by atoms with van der Waals surface area (Å²) in [5.74, 6) is -0.282. The van der Waals surface area contributed by atoms with Gasteiger partial charge < -0.3 is 10.4 Å². The number of aliphatic hydroxyl groups is 1. The van der Waals surface area contributed by atoms with E-state index in [1.54, 1.807) is 18.2 Å². The smallest absolute Gasteiger partial charge is 0.252 e. The molecule has 3 nitrogen and oxygen atoms in total. The van der Waals surface area contributed by atoms with Crippen molar-refractivity contribution >= 4 is 29.1 Å². The lowest BCUT2D eigenvalue weighted by molar-refractivity contribution is 0.0951. The molecule has 5 heteroatoms. The summed E-state index contributed by atoms with van der Waals surface area (Å²) in [5.41, 5.74) is 0.349. The van der Waals surface area contributed by atoms with Crippen molar-refractivity contribution in [2.24, 2.45) is 0 Å². The van der Waals surface area contributed by atoms with E-state index in [9.17, 15) is 4.79 Å². The van der Waals surface area contributed by atoms with Crippen LogP contribution in [0.25, 0.3) is 0 Å². The molecule has 0 saturated heterocycles. The van der Waals surface area contributed by atoms with Crippen molar-refractivity contribution < 1.29 is 9.90 Å². The third-order valence-corrected chi connectivity index (χ3v) is 2.64. The van der Waals surface area contributed by atoms with Crippen molar-refractivity contribution in [1.29, 1.82) is 0 Å². The normalized spacial score (nSPS) is 10.1. The van der Waals surface area contributed by atoms with E-state index >= 15 is 0 Å². The zero-order valence-corrected chi connectivity index (χ0v) is 9.48. The maximum atomic E-state index is 11.6. The minimum atomic E-state index is -0.282. The van der Waals surface area contributed by atoms with Crippen LogP contribution in [0.2, 0.25) is 10.0 Å². The highest BCUT2D eigenvalue weighted by Crippen LogP contribution is 2.25. The second-order valence-corrected chi connectivity index (χ2v) is 3.72. The lowest BCUT2D eigenvalue weighted by Crippen LogP contribution is -2.25. The van der Waals surface area contributed by atoms with Gasteiger partial charge in [-0.05, 0) is 18.6 Å². The fourth-order valence-corrected chi connectivity index (χ4v) is 1.44. The van der Waals surface area contributed by atoms with Gasteiger partial charge in [0.15, 0.2) is 0 Å². The molecular weight excluding hydrogens is 237 g/mol. The van der Waals surface area contributed by atoms with Gasteiger partial charge in [0, 0.05) is 13.2 Å². The second kappa shape index (κ2) is 5.95. The highest BCUT2D eigenvalue weighted by molar-refractivity contribution is 6.43. The van der Waals surface area contributed by atoms with Crippen molar-refractivity contribution in [2.45, 2.75) is 6.42 Å². The fourth-order valence-electron chi connectivity index (χ4n) is 1.06. The molecule has 0 spiro atoms. The molecule has 15 heavy (non-hydrogen) atoms. The highest BCUT2D eigenvalue weighted by Gasteiger charge is 2.11. The first-order valence-corrected chi connectivity index (χ1v) is 5.25.